The van der Waals surface area contributed by atoms with E-state index in [0.29, 0.717) is 18.8 Å². The van der Waals surface area contributed by atoms with Crippen LogP contribution in [-0.2, 0) is 4.79 Å². The lowest BCUT2D eigenvalue weighted by Gasteiger charge is -2.30. The van der Waals surface area contributed by atoms with Crippen molar-refractivity contribution in [2.45, 2.75) is 18.8 Å². The summed E-state index contributed by atoms with van der Waals surface area (Å²) >= 11 is 0. The predicted octanol–water partition coefficient (Wildman–Crippen LogP) is 3.81. The highest BCUT2D eigenvalue weighted by atomic mass is 19.1. The Bertz CT molecular complexity index is 1050. The maximum atomic E-state index is 13.7. The van der Waals surface area contributed by atoms with Gasteiger partial charge in [0, 0.05) is 30.8 Å². The number of likely N-dealkylation sites (tertiary alicyclic amines) is 1. The second-order valence-electron chi connectivity index (χ2n) is 7.09. The average molecular weight is 408 g/mol. The minimum atomic E-state index is -0.500. The van der Waals surface area contributed by atoms with E-state index in [1.807, 2.05) is 0 Å². The van der Waals surface area contributed by atoms with Crippen molar-refractivity contribution in [2.24, 2.45) is 0 Å². The minimum absolute atomic E-state index is 0.0561. The molecule has 7 nitrogen and oxygen atoms in total. The second-order valence-corrected chi connectivity index (χ2v) is 7.09. The van der Waals surface area contributed by atoms with Crippen LogP contribution >= 0.6 is 0 Å². The lowest BCUT2D eigenvalue weighted by molar-refractivity contribution is -0.127. The lowest BCUT2D eigenvalue weighted by atomic mass is 9.93. The first-order valence-corrected chi connectivity index (χ1v) is 9.72. The van der Waals surface area contributed by atoms with Gasteiger partial charge in [0.15, 0.2) is 5.69 Å². The van der Waals surface area contributed by atoms with Gasteiger partial charge in [0.2, 0.25) is 5.91 Å². The number of carbonyl (C=O) groups is 2. The maximum absolute atomic E-state index is 13.7. The monoisotopic (exact) mass is 408 g/mol. The fourth-order valence-corrected chi connectivity index (χ4v) is 3.47. The summed E-state index contributed by atoms with van der Waals surface area (Å²) in [5.41, 5.74) is 1.15. The smallest absolute Gasteiger partial charge is 0.276 e. The third-order valence-electron chi connectivity index (χ3n) is 5.13. The molecule has 154 valence electrons. The predicted molar refractivity (Wildman–Crippen MR) is 109 cm³/mol. The van der Waals surface area contributed by atoms with Gasteiger partial charge >= 0.3 is 0 Å². The molecule has 2 N–H and O–H groups in total. The first-order valence-electron chi connectivity index (χ1n) is 9.72. The maximum Gasteiger partial charge on any atom is 0.276 e. The summed E-state index contributed by atoms with van der Waals surface area (Å²) in [7, 11) is 0. The van der Waals surface area contributed by atoms with Crippen LogP contribution in [0.4, 0.5) is 10.1 Å². The van der Waals surface area contributed by atoms with E-state index < -0.39 is 11.7 Å². The summed E-state index contributed by atoms with van der Waals surface area (Å²) in [6.45, 7) is 1.23. The van der Waals surface area contributed by atoms with Crippen LogP contribution in [0.15, 0.2) is 59.2 Å². The Kier molecular flexibility index (Phi) is 5.74. The molecule has 3 heterocycles. The molecular weight excluding hydrogens is 387 g/mol. The van der Waals surface area contributed by atoms with Crippen molar-refractivity contribution >= 4 is 23.6 Å². The van der Waals surface area contributed by atoms with Crippen LogP contribution in [0.3, 0.4) is 0 Å². The molecule has 1 fully saturated rings. The number of hydrogen-bond acceptors (Lipinski definition) is 4. The minimum Gasteiger partial charge on any atom is -0.465 e. The first kappa shape index (κ1) is 19.6. The van der Waals surface area contributed by atoms with E-state index in [1.165, 1.54) is 18.2 Å². The van der Waals surface area contributed by atoms with E-state index in [-0.39, 0.29) is 23.2 Å². The fraction of sp³-hybridized carbons (Fsp3) is 0.227. The third kappa shape index (κ3) is 4.48. The summed E-state index contributed by atoms with van der Waals surface area (Å²) in [5.74, 6) is -0.222. The van der Waals surface area contributed by atoms with Crippen molar-refractivity contribution in [1.29, 1.82) is 0 Å². The van der Waals surface area contributed by atoms with Crippen molar-refractivity contribution in [3.63, 3.8) is 0 Å². The summed E-state index contributed by atoms with van der Waals surface area (Å²) in [5, 5.41) is 9.50. The van der Waals surface area contributed by atoms with Crippen molar-refractivity contribution in [1.82, 2.24) is 15.1 Å². The van der Waals surface area contributed by atoms with Crippen molar-refractivity contribution in [2.75, 3.05) is 18.4 Å². The number of halogens is 1. The molecule has 30 heavy (non-hydrogen) atoms. The van der Waals surface area contributed by atoms with Crippen LogP contribution in [0.1, 0.15) is 40.7 Å². The molecule has 1 aliphatic rings. The van der Waals surface area contributed by atoms with Gasteiger partial charge in [-0.2, -0.15) is 5.10 Å². The molecule has 0 atom stereocenters. The average Bonchev–Trinajstić information content (AvgIpc) is 3.46. The number of hydrogen-bond donors (Lipinski definition) is 2. The SMILES string of the molecule is O=C(Nc1ccccc1F)c1cc(C2CCN(C(=O)/C=C/c3ccco3)CC2)[nH]n1. The zero-order valence-corrected chi connectivity index (χ0v) is 16.2. The van der Waals surface area contributed by atoms with Crippen LogP contribution < -0.4 is 5.32 Å². The quantitative estimate of drug-likeness (QED) is 0.628. The fourth-order valence-electron chi connectivity index (χ4n) is 3.47. The molecule has 2 aromatic heterocycles. The summed E-state index contributed by atoms with van der Waals surface area (Å²) < 4.78 is 18.9. The van der Waals surface area contributed by atoms with E-state index >= 15 is 0 Å². The Labute approximate surface area is 172 Å². The molecule has 0 unspecified atom stereocenters. The molecule has 1 aromatic carbocycles. The number of amides is 2. The largest absolute Gasteiger partial charge is 0.465 e. The number of furan rings is 1. The zero-order chi connectivity index (χ0) is 20.9. The number of rotatable bonds is 5. The van der Waals surface area contributed by atoms with E-state index in [9.17, 15) is 14.0 Å². The van der Waals surface area contributed by atoms with E-state index in [4.69, 9.17) is 4.42 Å². The highest BCUT2D eigenvalue weighted by molar-refractivity contribution is 6.03. The van der Waals surface area contributed by atoms with Gasteiger partial charge < -0.3 is 14.6 Å². The molecule has 1 saturated heterocycles. The van der Waals surface area contributed by atoms with E-state index in [1.54, 1.807) is 47.6 Å². The van der Waals surface area contributed by atoms with E-state index in [0.717, 1.165) is 18.5 Å². The molecular formula is C22H21FN4O3. The van der Waals surface area contributed by atoms with Gasteiger partial charge in [-0.05, 0) is 49.2 Å². The van der Waals surface area contributed by atoms with Crippen molar-refractivity contribution in [3.8, 4) is 0 Å². The second kappa shape index (κ2) is 8.77. The van der Waals surface area contributed by atoms with Crippen LogP contribution in [0.2, 0.25) is 0 Å². The summed E-state index contributed by atoms with van der Waals surface area (Å²) in [6.07, 6.45) is 6.25. The molecule has 3 aromatic rings. The number of aromatic nitrogens is 2. The Morgan fingerprint density at radius 3 is 2.73 bits per heavy atom. The summed E-state index contributed by atoms with van der Waals surface area (Å²) in [6, 6.07) is 11.2. The molecule has 0 bridgehead atoms. The van der Waals surface area contributed by atoms with E-state index in [2.05, 4.69) is 15.5 Å². The standard InChI is InChI=1S/C22H21FN4O3/c23-17-5-1-2-6-18(17)24-22(29)20-14-19(25-26-20)15-9-11-27(12-10-15)21(28)8-7-16-4-3-13-30-16/h1-8,13-15H,9-12H2,(H,24,29)(H,25,26)/b8-7+. The molecule has 0 radical (unpaired) electrons. The highest BCUT2D eigenvalue weighted by Gasteiger charge is 2.25. The zero-order valence-electron chi connectivity index (χ0n) is 16.2. The number of benzene rings is 1. The Hall–Kier alpha value is -3.68. The van der Waals surface area contributed by atoms with Gasteiger partial charge in [0.25, 0.3) is 5.91 Å². The summed E-state index contributed by atoms with van der Waals surface area (Å²) in [4.78, 5) is 26.5. The van der Waals surface area contributed by atoms with Crippen LogP contribution in [0, 0.1) is 5.82 Å². The molecule has 4 rings (SSSR count). The van der Waals surface area contributed by atoms with Gasteiger partial charge in [-0.15, -0.1) is 0 Å². The molecule has 0 saturated carbocycles. The van der Waals surface area contributed by atoms with Crippen LogP contribution in [-0.4, -0.2) is 40.0 Å². The molecule has 0 aliphatic carbocycles. The Balaban J connectivity index is 1.32. The Morgan fingerprint density at radius 2 is 2.00 bits per heavy atom. The number of piperidine rings is 1. The topological polar surface area (TPSA) is 91.2 Å². The van der Waals surface area contributed by atoms with Gasteiger partial charge in [-0.1, -0.05) is 12.1 Å². The normalized spacial score (nSPS) is 14.9. The molecule has 8 heteroatoms. The third-order valence-corrected chi connectivity index (χ3v) is 5.13. The van der Waals surface area contributed by atoms with Crippen LogP contribution in [0.5, 0.6) is 0 Å². The van der Waals surface area contributed by atoms with Gasteiger partial charge in [-0.25, -0.2) is 4.39 Å². The van der Waals surface area contributed by atoms with Crippen LogP contribution in [0.25, 0.3) is 6.08 Å². The number of para-hydroxylation sites is 1. The van der Waals surface area contributed by atoms with Gasteiger partial charge in [-0.3, -0.25) is 14.7 Å². The number of carbonyl (C=O) groups excluding carboxylic acids is 2. The number of aromatic amines is 1. The molecule has 2 amide bonds. The number of anilines is 1. The van der Waals surface area contributed by atoms with Crippen molar-refractivity contribution < 1.29 is 18.4 Å². The van der Waals surface area contributed by atoms with Gasteiger partial charge in [0.05, 0.1) is 12.0 Å². The first-order chi connectivity index (χ1) is 14.6. The lowest BCUT2D eigenvalue weighted by Crippen LogP contribution is -2.36. The molecule has 1 aliphatic heterocycles. The molecule has 0 spiro atoms. The number of nitrogens with one attached hydrogen (secondary N) is 2. The van der Waals surface area contributed by atoms with Crippen molar-refractivity contribution in [3.05, 3.63) is 77.8 Å². The van der Waals surface area contributed by atoms with Gasteiger partial charge in [0.1, 0.15) is 11.6 Å². The number of H-pyrrole nitrogens is 1. The number of nitrogens with zero attached hydrogens (tertiary/aromatic N) is 2. The highest BCUT2D eigenvalue weighted by Crippen LogP contribution is 2.27. The Morgan fingerprint density at radius 1 is 1.20 bits per heavy atom.